The van der Waals surface area contributed by atoms with Crippen LogP contribution in [0.5, 0.6) is 0 Å². The highest BCUT2D eigenvalue weighted by Gasteiger charge is 2.23. The zero-order chi connectivity index (χ0) is 58.2. The largest absolute Gasteiger partial charge is 0.256 e. The number of fused-ring (bicyclic) bond motifs is 8. The van der Waals surface area contributed by atoms with E-state index in [1.165, 1.54) is 49.0 Å². The van der Waals surface area contributed by atoms with Crippen molar-refractivity contribution in [1.29, 1.82) is 0 Å². The normalized spacial score (nSPS) is 11.6. The van der Waals surface area contributed by atoms with E-state index in [1.807, 2.05) is 109 Å². The highest BCUT2D eigenvalue weighted by molar-refractivity contribution is 6.25. The molecule has 15 aromatic carbocycles. The van der Waals surface area contributed by atoms with Crippen molar-refractivity contribution >= 4 is 86.3 Å². The van der Waals surface area contributed by atoms with Crippen LogP contribution in [-0.4, -0.2) is 4.98 Å². The zero-order valence-corrected chi connectivity index (χ0v) is 45.7. The third kappa shape index (κ3) is 8.95. The Hall–Kier alpha value is -10.9. The first-order valence-electron chi connectivity index (χ1n) is 28.2. The second-order valence-electron chi connectivity index (χ2n) is 21.7. The Morgan fingerprint density at radius 1 is 0.209 bits per heavy atom. The zero-order valence-electron chi connectivity index (χ0n) is 45.7. The Kier molecular flexibility index (Phi) is 12.7. The van der Waals surface area contributed by atoms with Gasteiger partial charge in [0.05, 0.1) is 5.52 Å². The number of nitrogens with zero attached hydrogens (tertiary/aromatic N) is 1. The number of aromatic nitrogens is 1. The number of hydrogen-bond acceptors (Lipinski definition) is 1. The molecule has 0 saturated carbocycles. The SMILES string of the molecule is Fc1cc(-c2ccc3c(-c4ccc5ccccc5c4)c4cc(-c5cc(F)c(F)c(F)c5)ccc4c(-c4ccc5ccccc5c4)c3c2)cc(F)c1F.c1ccc2ncc(-c3c4ccccc4c(-c4cccc5ccccc45)c4ccccc34)cc2c1. The van der Waals surface area contributed by atoms with E-state index in [1.54, 1.807) is 12.1 Å². The molecule has 86 heavy (non-hydrogen) atoms. The van der Waals surface area contributed by atoms with Gasteiger partial charge in [0.2, 0.25) is 0 Å². The smallest absolute Gasteiger partial charge is 0.194 e. The first kappa shape index (κ1) is 52.0. The van der Waals surface area contributed by atoms with Crippen molar-refractivity contribution in [3.05, 3.63) is 308 Å². The van der Waals surface area contributed by atoms with Gasteiger partial charge in [-0.1, -0.05) is 206 Å². The van der Waals surface area contributed by atoms with E-state index in [4.69, 9.17) is 4.98 Å². The quantitative estimate of drug-likeness (QED) is 0.0919. The van der Waals surface area contributed by atoms with Gasteiger partial charge in [-0.05, 0) is 197 Å². The molecule has 1 heterocycles. The molecule has 16 aromatic rings. The fraction of sp³-hybridized carbons (Fsp3) is 0. The average molecular weight is 1120 g/mol. The number of benzene rings is 15. The van der Waals surface area contributed by atoms with Gasteiger partial charge in [0, 0.05) is 17.1 Å². The van der Waals surface area contributed by atoms with Crippen molar-refractivity contribution in [3.63, 3.8) is 0 Å². The van der Waals surface area contributed by atoms with Crippen molar-refractivity contribution in [2.75, 3.05) is 0 Å². The highest BCUT2D eigenvalue weighted by atomic mass is 19.2. The molecule has 0 aliphatic heterocycles. The molecule has 408 valence electrons. The third-order valence-corrected chi connectivity index (χ3v) is 16.7. The lowest BCUT2D eigenvalue weighted by molar-refractivity contribution is 0.447. The monoisotopic (exact) mass is 1120 g/mol. The molecule has 0 unspecified atom stereocenters. The van der Waals surface area contributed by atoms with Gasteiger partial charge in [-0.15, -0.1) is 0 Å². The molecule has 0 aliphatic carbocycles. The summed E-state index contributed by atoms with van der Waals surface area (Å²) in [6, 6.07) is 86.4. The Bertz CT molecular complexity index is 5150. The molecule has 0 spiro atoms. The lowest BCUT2D eigenvalue weighted by Crippen LogP contribution is -1.95. The summed E-state index contributed by atoms with van der Waals surface area (Å²) in [6.45, 7) is 0. The molecule has 0 aliphatic rings. The van der Waals surface area contributed by atoms with Crippen LogP contribution in [0.15, 0.2) is 273 Å². The molecule has 0 N–H and O–H groups in total. The van der Waals surface area contributed by atoms with Crippen LogP contribution >= 0.6 is 0 Å². The standard InChI is InChI=1S/C46H24F6.C33H21N/c47-39-21-33(22-40(48)45(39)51)29-14-16-36-37(19-29)43(31-11-9-25-5-1-3-7-27(25)17-31)35-15-13-30(34-23-41(49)46(52)42(50)24-34)20-38(35)44(36)32-12-10-26-6-2-4-8-28(26)18-32;1-3-13-25-22(10-1)12-9-18-26(25)33-29-16-6-4-14-27(29)32(28-15-5-7-17-30(28)33)24-20-23-11-2-8-19-31(23)34-21-24/h1-24H;1-21H. The maximum atomic E-state index is 14.5. The van der Waals surface area contributed by atoms with Crippen LogP contribution in [0.3, 0.4) is 0 Å². The highest BCUT2D eigenvalue weighted by Crippen LogP contribution is 2.49. The summed E-state index contributed by atoms with van der Waals surface area (Å²) in [5.74, 6) is -8.24. The van der Waals surface area contributed by atoms with E-state index < -0.39 is 34.9 Å². The van der Waals surface area contributed by atoms with E-state index in [0.717, 1.165) is 106 Å². The van der Waals surface area contributed by atoms with Gasteiger partial charge in [-0.25, -0.2) is 26.3 Å². The van der Waals surface area contributed by atoms with Gasteiger partial charge >= 0.3 is 0 Å². The number of hydrogen-bond donors (Lipinski definition) is 0. The molecule has 7 heteroatoms. The van der Waals surface area contributed by atoms with Crippen LogP contribution in [-0.2, 0) is 0 Å². The van der Waals surface area contributed by atoms with Gasteiger partial charge in [-0.2, -0.15) is 0 Å². The van der Waals surface area contributed by atoms with Crippen molar-refractivity contribution in [1.82, 2.24) is 4.98 Å². The lowest BCUT2D eigenvalue weighted by Gasteiger charge is -2.20. The van der Waals surface area contributed by atoms with Crippen LogP contribution in [0.1, 0.15) is 0 Å². The predicted octanol–water partition coefficient (Wildman–Crippen LogP) is 22.8. The molecule has 0 atom stereocenters. The molecule has 1 nitrogen and oxygen atoms in total. The minimum Gasteiger partial charge on any atom is -0.256 e. The Labute approximate surface area is 490 Å². The first-order valence-corrected chi connectivity index (χ1v) is 28.2. The van der Waals surface area contributed by atoms with Gasteiger partial charge in [0.1, 0.15) is 0 Å². The summed E-state index contributed by atoms with van der Waals surface area (Å²) in [6.07, 6.45) is 2.02. The molecule has 16 rings (SSSR count). The van der Waals surface area contributed by atoms with Gasteiger partial charge in [0.15, 0.2) is 34.9 Å². The van der Waals surface area contributed by atoms with Crippen molar-refractivity contribution in [3.8, 4) is 66.8 Å². The fourth-order valence-electron chi connectivity index (χ4n) is 12.7. The molecule has 0 radical (unpaired) electrons. The minimum atomic E-state index is -1.54. The summed E-state index contributed by atoms with van der Waals surface area (Å²) in [7, 11) is 0. The van der Waals surface area contributed by atoms with Gasteiger partial charge in [-0.3, -0.25) is 4.98 Å². The van der Waals surface area contributed by atoms with E-state index in [-0.39, 0.29) is 11.1 Å². The van der Waals surface area contributed by atoms with E-state index >= 15 is 0 Å². The topological polar surface area (TPSA) is 12.9 Å². The second-order valence-corrected chi connectivity index (χ2v) is 21.7. The van der Waals surface area contributed by atoms with E-state index in [9.17, 15) is 26.3 Å². The van der Waals surface area contributed by atoms with Crippen molar-refractivity contribution in [2.45, 2.75) is 0 Å². The second kappa shape index (κ2) is 21.1. The number of pyridine rings is 1. The number of rotatable bonds is 6. The molecule has 0 fully saturated rings. The van der Waals surface area contributed by atoms with Crippen LogP contribution < -0.4 is 0 Å². The summed E-state index contributed by atoms with van der Waals surface area (Å²) in [5.41, 5.74) is 10.6. The Balaban J connectivity index is 0.000000158. The average Bonchev–Trinajstić information content (AvgIpc) is 3.62. The maximum Gasteiger partial charge on any atom is 0.194 e. The number of para-hydroxylation sites is 1. The van der Waals surface area contributed by atoms with Crippen molar-refractivity contribution in [2.24, 2.45) is 0 Å². The first-order chi connectivity index (χ1) is 42.1. The predicted molar refractivity (Wildman–Crippen MR) is 343 cm³/mol. The number of halogens is 6. The van der Waals surface area contributed by atoms with Crippen LogP contribution in [0.25, 0.3) is 153 Å². The molecular formula is C79H45F6N. The molecule has 0 amide bonds. The van der Waals surface area contributed by atoms with Crippen LogP contribution in [0.4, 0.5) is 26.3 Å². The lowest BCUT2D eigenvalue weighted by atomic mass is 9.83. The fourth-order valence-corrected chi connectivity index (χ4v) is 12.7. The van der Waals surface area contributed by atoms with E-state index in [2.05, 4.69) is 127 Å². The Morgan fingerprint density at radius 2 is 0.570 bits per heavy atom. The van der Waals surface area contributed by atoms with Crippen LogP contribution in [0.2, 0.25) is 0 Å². The molecule has 0 bridgehead atoms. The van der Waals surface area contributed by atoms with Crippen molar-refractivity contribution < 1.29 is 26.3 Å². The van der Waals surface area contributed by atoms with E-state index in [0.29, 0.717) is 11.1 Å². The summed E-state index contributed by atoms with van der Waals surface area (Å²) >= 11 is 0. The van der Waals surface area contributed by atoms with Gasteiger partial charge < -0.3 is 0 Å². The summed E-state index contributed by atoms with van der Waals surface area (Å²) < 4.78 is 86.1. The molecular weight excluding hydrogens is 1080 g/mol. The molecule has 1 aromatic heterocycles. The summed E-state index contributed by atoms with van der Waals surface area (Å²) in [4.78, 5) is 4.79. The maximum absolute atomic E-state index is 14.5. The molecule has 0 saturated heterocycles. The minimum absolute atomic E-state index is 0.172. The Morgan fingerprint density at radius 3 is 1.07 bits per heavy atom. The van der Waals surface area contributed by atoms with Gasteiger partial charge in [0.25, 0.3) is 0 Å². The summed E-state index contributed by atoms with van der Waals surface area (Å²) in [5, 5.41) is 15.9. The third-order valence-electron chi connectivity index (χ3n) is 16.7. The van der Waals surface area contributed by atoms with Crippen LogP contribution in [0, 0.1) is 34.9 Å².